The molecule has 6 heteroatoms. The van der Waals surface area contributed by atoms with Crippen LogP contribution in [0, 0.1) is 13.8 Å². The fourth-order valence-electron chi connectivity index (χ4n) is 4.40. The summed E-state index contributed by atoms with van der Waals surface area (Å²) in [6, 6.07) is 25.7. The molecule has 0 saturated heterocycles. The Hall–Kier alpha value is -4.71. The van der Waals surface area contributed by atoms with Gasteiger partial charge in [-0.2, -0.15) is 0 Å². The van der Waals surface area contributed by atoms with Crippen LogP contribution in [0.1, 0.15) is 37.4 Å². The summed E-state index contributed by atoms with van der Waals surface area (Å²) < 4.78 is 16.8. The first-order valence-corrected chi connectivity index (χ1v) is 11.9. The number of pyridine rings is 1. The lowest BCUT2D eigenvalue weighted by Gasteiger charge is -2.15. The Morgan fingerprint density at radius 1 is 0.757 bits per heavy atom. The molecule has 5 rings (SSSR count). The highest BCUT2D eigenvalue weighted by Gasteiger charge is 2.21. The van der Waals surface area contributed by atoms with Crippen molar-refractivity contribution < 1.29 is 23.8 Å². The van der Waals surface area contributed by atoms with Crippen molar-refractivity contribution in [3.63, 3.8) is 0 Å². The molecule has 0 unspecified atom stereocenters. The third kappa shape index (κ3) is 4.86. The van der Waals surface area contributed by atoms with E-state index in [0.717, 1.165) is 5.56 Å². The van der Waals surface area contributed by atoms with E-state index in [2.05, 4.69) is 0 Å². The maximum absolute atomic E-state index is 13.6. The van der Waals surface area contributed by atoms with Gasteiger partial charge in [-0.25, -0.2) is 14.6 Å². The first-order chi connectivity index (χ1) is 17.9. The third-order valence-electron chi connectivity index (χ3n) is 6.20. The largest absolute Gasteiger partial charge is 0.497 e. The second-order valence-electron chi connectivity index (χ2n) is 8.78. The molecule has 0 aliphatic heterocycles. The Bertz CT molecular complexity index is 1620. The van der Waals surface area contributed by atoms with Gasteiger partial charge in [0, 0.05) is 16.8 Å². The zero-order valence-corrected chi connectivity index (χ0v) is 20.8. The summed E-state index contributed by atoms with van der Waals surface area (Å²) in [7, 11) is 1.59. The quantitative estimate of drug-likeness (QED) is 0.152. The molecule has 0 spiro atoms. The van der Waals surface area contributed by atoms with E-state index in [0.29, 0.717) is 55.6 Å². The fraction of sp³-hybridized carbons (Fsp3) is 0.129. The number of rotatable bonds is 6. The van der Waals surface area contributed by atoms with Crippen LogP contribution in [0.4, 0.5) is 0 Å². The highest BCUT2D eigenvalue weighted by molar-refractivity contribution is 6.15. The lowest BCUT2D eigenvalue weighted by molar-refractivity contribution is 0.0472. The Kier molecular flexibility index (Phi) is 6.56. The second kappa shape index (κ2) is 10.1. The first kappa shape index (κ1) is 24.0. The van der Waals surface area contributed by atoms with E-state index in [4.69, 9.17) is 19.2 Å². The molecular weight excluding hydrogens is 466 g/mol. The molecule has 0 N–H and O–H groups in total. The summed E-state index contributed by atoms with van der Waals surface area (Å²) in [6.07, 6.45) is 0. The average molecular weight is 492 g/mol. The number of para-hydroxylation sites is 1. The average Bonchev–Trinajstić information content (AvgIpc) is 2.92. The summed E-state index contributed by atoms with van der Waals surface area (Å²) in [4.78, 5) is 31.0. The third-order valence-corrected chi connectivity index (χ3v) is 6.20. The van der Waals surface area contributed by atoms with Crippen molar-refractivity contribution in [3.8, 4) is 11.5 Å². The monoisotopic (exact) mass is 491 g/mol. The number of ether oxygens (including phenoxy) is 3. The van der Waals surface area contributed by atoms with Crippen LogP contribution in [0.2, 0.25) is 0 Å². The number of carbonyl (C=O) groups excluding carboxylic acids is 2. The van der Waals surface area contributed by atoms with Gasteiger partial charge in [0.05, 0.1) is 29.3 Å². The van der Waals surface area contributed by atoms with Gasteiger partial charge in [0.2, 0.25) is 0 Å². The molecule has 0 bridgehead atoms. The Morgan fingerprint density at radius 2 is 1.43 bits per heavy atom. The van der Waals surface area contributed by atoms with E-state index in [1.54, 1.807) is 45.2 Å². The van der Waals surface area contributed by atoms with Crippen molar-refractivity contribution in [3.05, 3.63) is 113 Å². The van der Waals surface area contributed by atoms with Crippen molar-refractivity contribution in [1.82, 2.24) is 4.98 Å². The van der Waals surface area contributed by atoms with E-state index >= 15 is 0 Å². The molecule has 6 nitrogen and oxygen atoms in total. The van der Waals surface area contributed by atoms with Crippen molar-refractivity contribution in [1.29, 1.82) is 0 Å². The minimum atomic E-state index is -0.501. The molecule has 1 aromatic heterocycles. The number of aromatic nitrogens is 1. The van der Waals surface area contributed by atoms with E-state index in [1.165, 1.54) is 0 Å². The van der Waals surface area contributed by atoms with Crippen LogP contribution in [-0.4, -0.2) is 24.0 Å². The Morgan fingerprint density at radius 3 is 2.16 bits per heavy atom. The number of methoxy groups -OCH3 is 1. The fourth-order valence-corrected chi connectivity index (χ4v) is 4.40. The lowest BCUT2D eigenvalue weighted by atomic mass is 10.0. The molecule has 0 radical (unpaired) electrons. The molecule has 5 aromatic rings. The van der Waals surface area contributed by atoms with Crippen LogP contribution in [0.25, 0.3) is 21.8 Å². The minimum Gasteiger partial charge on any atom is -0.497 e. The van der Waals surface area contributed by atoms with Crippen molar-refractivity contribution >= 4 is 33.7 Å². The lowest BCUT2D eigenvalue weighted by Crippen LogP contribution is -2.13. The Balaban J connectivity index is 1.46. The predicted octanol–water partition coefficient (Wildman–Crippen LogP) is 6.59. The molecule has 1 heterocycles. The second-order valence-corrected chi connectivity index (χ2v) is 8.78. The van der Waals surface area contributed by atoms with E-state index < -0.39 is 11.9 Å². The van der Waals surface area contributed by atoms with Gasteiger partial charge in [0.1, 0.15) is 18.1 Å². The van der Waals surface area contributed by atoms with Crippen LogP contribution in [0.3, 0.4) is 0 Å². The molecule has 0 saturated carbocycles. The summed E-state index contributed by atoms with van der Waals surface area (Å²) in [5, 5.41) is 1.36. The van der Waals surface area contributed by atoms with Crippen molar-refractivity contribution in [2.45, 2.75) is 20.5 Å². The number of aryl methyl sites for hydroxylation is 2. The maximum Gasteiger partial charge on any atom is 0.344 e. The van der Waals surface area contributed by atoms with Gasteiger partial charge in [-0.1, -0.05) is 48.5 Å². The highest BCUT2D eigenvalue weighted by atomic mass is 16.5. The highest BCUT2D eigenvalue weighted by Crippen LogP contribution is 2.32. The van der Waals surface area contributed by atoms with Crippen LogP contribution in [0.5, 0.6) is 11.5 Å². The first-order valence-electron chi connectivity index (χ1n) is 11.9. The standard InChI is InChI=1S/C31H25NO5/c1-19-15-22(30(33)36-18-21-9-5-4-6-10-21)16-20(2)29(19)37-31(34)28-24-11-7-8-12-26(24)32-27-17-23(35-3)13-14-25(27)28/h4-17H,18H2,1-3H3. The molecule has 4 aromatic carbocycles. The molecule has 0 atom stereocenters. The van der Waals surface area contributed by atoms with Gasteiger partial charge < -0.3 is 14.2 Å². The van der Waals surface area contributed by atoms with E-state index in [1.807, 2.05) is 60.7 Å². The van der Waals surface area contributed by atoms with Gasteiger partial charge in [-0.15, -0.1) is 0 Å². The van der Waals surface area contributed by atoms with Crippen LogP contribution < -0.4 is 9.47 Å². The van der Waals surface area contributed by atoms with Crippen molar-refractivity contribution in [2.24, 2.45) is 0 Å². The minimum absolute atomic E-state index is 0.182. The van der Waals surface area contributed by atoms with Crippen LogP contribution in [-0.2, 0) is 11.3 Å². The van der Waals surface area contributed by atoms with Gasteiger partial charge in [0.25, 0.3) is 0 Å². The summed E-state index contributed by atoms with van der Waals surface area (Å²) in [5.41, 5.74) is 4.36. The topological polar surface area (TPSA) is 74.7 Å². The van der Waals surface area contributed by atoms with Gasteiger partial charge >= 0.3 is 11.9 Å². The van der Waals surface area contributed by atoms with Gasteiger partial charge in [-0.05, 0) is 60.9 Å². The number of carbonyl (C=O) groups is 2. The maximum atomic E-state index is 13.6. The molecular formula is C31H25NO5. The zero-order valence-electron chi connectivity index (χ0n) is 20.8. The van der Waals surface area contributed by atoms with Crippen LogP contribution in [0.15, 0.2) is 84.9 Å². The number of benzene rings is 4. The molecule has 37 heavy (non-hydrogen) atoms. The number of fused-ring (bicyclic) bond motifs is 2. The molecule has 184 valence electrons. The normalized spacial score (nSPS) is 10.9. The molecule has 0 aliphatic carbocycles. The SMILES string of the molecule is COc1ccc2c(C(=O)Oc3c(C)cc(C(=O)OCc4ccccc4)cc3C)c3ccccc3nc2c1. The predicted molar refractivity (Wildman–Crippen MR) is 142 cm³/mol. The van der Waals surface area contributed by atoms with E-state index in [9.17, 15) is 9.59 Å². The molecule has 0 aliphatic rings. The molecule has 0 amide bonds. The van der Waals surface area contributed by atoms with Gasteiger partial charge in [0.15, 0.2) is 0 Å². The van der Waals surface area contributed by atoms with Crippen molar-refractivity contribution in [2.75, 3.05) is 7.11 Å². The number of hydrogen-bond donors (Lipinski definition) is 0. The summed E-state index contributed by atoms with van der Waals surface area (Å²) in [5.74, 6) is 0.121. The molecule has 0 fully saturated rings. The Labute approximate surface area is 214 Å². The number of hydrogen-bond acceptors (Lipinski definition) is 6. The van der Waals surface area contributed by atoms with Crippen LogP contribution >= 0.6 is 0 Å². The van der Waals surface area contributed by atoms with E-state index in [-0.39, 0.29) is 6.61 Å². The summed E-state index contributed by atoms with van der Waals surface area (Å²) >= 11 is 0. The zero-order chi connectivity index (χ0) is 25.9. The number of esters is 2. The number of nitrogens with zero attached hydrogens (tertiary/aromatic N) is 1. The summed E-state index contributed by atoms with van der Waals surface area (Å²) in [6.45, 7) is 3.79. The smallest absolute Gasteiger partial charge is 0.344 e. The van der Waals surface area contributed by atoms with Gasteiger partial charge in [-0.3, -0.25) is 0 Å².